The van der Waals surface area contributed by atoms with E-state index in [1.54, 1.807) is 0 Å². The molecule has 7 nitrogen and oxygen atoms in total. The smallest absolute Gasteiger partial charge is 0.452 e. The fraction of sp³-hybridized carbons (Fsp3) is 0.217. The van der Waals surface area contributed by atoms with Crippen LogP contribution in [0.5, 0.6) is 0 Å². The quantitative estimate of drug-likeness (QED) is 0.246. The summed E-state index contributed by atoms with van der Waals surface area (Å²) < 4.78 is 70.6. The third-order valence-electron chi connectivity index (χ3n) is 4.94. The molecule has 190 valence electrons. The molecule has 0 spiro atoms. The van der Waals surface area contributed by atoms with Crippen LogP contribution in [0, 0.1) is 5.92 Å². The first kappa shape index (κ1) is 25.9. The number of aromatic carboxylic acids is 1. The highest BCUT2D eigenvalue weighted by Gasteiger charge is 2.36. The Kier molecular flexibility index (Phi) is 6.99. The van der Waals surface area contributed by atoms with Crippen molar-refractivity contribution in [2.45, 2.75) is 30.7 Å². The number of alkyl halides is 3. The van der Waals surface area contributed by atoms with E-state index in [1.807, 2.05) is 24.3 Å². The summed E-state index contributed by atoms with van der Waals surface area (Å²) in [5.74, 6) is -2.12. The van der Waals surface area contributed by atoms with Crippen molar-refractivity contribution in [2.75, 3.05) is 4.72 Å². The number of nitrogens with zero attached hydrogens (tertiary/aromatic N) is 1. The summed E-state index contributed by atoms with van der Waals surface area (Å²) in [7, 11) is -4.24. The number of aromatic nitrogens is 1. The van der Waals surface area contributed by atoms with Crippen molar-refractivity contribution in [3.8, 4) is 21.0 Å². The molecule has 4 rings (SSSR count). The molecule has 36 heavy (non-hydrogen) atoms. The Morgan fingerprint density at radius 3 is 2.36 bits per heavy atom. The van der Waals surface area contributed by atoms with Gasteiger partial charge in [-0.15, -0.1) is 22.7 Å². The first-order chi connectivity index (χ1) is 16.8. The van der Waals surface area contributed by atoms with Crippen LogP contribution in [0.1, 0.15) is 34.8 Å². The number of thiophene rings is 2. The Labute approximate surface area is 212 Å². The number of carbonyl (C=O) groups is 1. The summed E-state index contributed by atoms with van der Waals surface area (Å²) in [5, 5.41) is 13.0. The molecule has 0 saturated heterocycles. The maximum absolute atomic E-state index is 13.0. The minimum absolute atomic E-state index is 0.107. The van der Waals surface area contributed by atoms with Crippen LogP contribution >= 0.6 is 22.7 Å². The topological polar surface area (TPSA) is 110 Å². The molecule has 0 saturated carbocycles. The van der Waals surface area contributed by atoms with Crippen LogP contribution in [-0.2, 0) is 22.6 Å². The molecular weight excluding hydrogens is 537 g/mol. The molecule has 1 aromatic carbocycles. The van der Waals surface area contributed by atoms with Gasteiger partial charge in [-0.05, 0) is 41.7 Å². The third kappa shape index (κ3) is 5.63. The summed E-state index contributed by atoms with van der Waals surface area (Å²) in [6.45, 7) is 4.21. The zero-order valence-corrected chi connectivity index (χ0v) is 21.2. The number of hydrogen-bond acceptors (Lipinski definition) is 7. The molecule has 0 unspecified atom stereocenters. The van der Waals surface area contributed by atoms with Gasteiger partial charge in [0.2, 0.25) is 5.76 Å². The van der Waals surface area contributed by atoms with Crippen LogP contribution in [0.15, 0.2) is 57.3 Å². The first-order valence-electron chi connectivity index (χ1n) is 10.5. The van der Waals surface area contributed by atoms with Crippen molar-refractivity contribution in [1.29, 1.82) is 0 Å². The van der Waals surface area contributed by atoms with E-state index in [-0.39, 0.29) is 25.3 Å². The number of halogens is 3. The Balaban J connectivity index is 1.60. The molecule has 0 bridgehead atoms. The van der Waals surface area contributed by atoms with Gasteiger partial charge in [0.25, 0.3) is 10.0 Å². The first-order valence-corrected chi connectivity index (χ1v) is 13.6. The summed E-state index contributed by atoms with van der Waals surface area (Å²) in [5.41, 5.74) is 1.60. The molecule has 3 heterocycles. The van der Waals surface area contributed by atoms with Crippen molar-refractivity contribution in [2.24, 2.45) is 5.92 Å². The Hall–Kier alpha value is -3.16. The second-order valence-corrected chi connectivity index (χ2v) is 12.3. The van der Waals surface area contributed by atoms with E-state index >= 15 is 0 Å². The van der Waals surface area contributed by atoms with Gasteiger partial charge in [-0.25, -0.2) is 13.2 Å². The predicted octanol–water partition coefficient (Wildman–Crippen LogP) is 6.85. The minimum atomic E-state index is -4.72. The van der Waals surface area contributed by atoms with E-state index in [9.17, 15) is 31.5 Å². The van der Waals surface area contributed by atoms with Crippen LogP contribution in [-0.4, -0.2) is 24.7 Å². The van der Waals surface area contributed by atoms with Crippen molar-refractivity contribution in [3.63, 3.8) is 0 Å². The lowest BCUT2D eigenvalue weighted by Crippen LogP contribution is -2.13. The van der Waals surface area contributed by atoms with Crippen LogP contribution in [0.3, 0.4) is 0 Å². The molecule has 0 aliphatic rings. The van der Waals surface area contributed by atoms with Gasteiger partial charge in [0.1, 0.15) is 14.8 Å². The zero-order valence-electron chi connectivity index (χ0n) is 18.8. The standard InChI is InChI=1S/C23H19F3N2O5S3/c1-12(2)9-13-3-5-14(6-4-13)18-10-16(21(35-18)22(29)30)28-36(31,32)20-8-7-17(34-20)15-11-19(33-27-15)23(24,25)26/h3-8,10-12,28H,9H2,1-2H3,(H,29,30). The van der Waals surface area contributed by atoms with Gasteiger partial charge in [0.05, 0.1) is 10.6 Å². The average Bonchev–Trinajstić information content (AvgIpc) is 3.52. The van der Waals surface area contributed by atoms with Crippen LogP contribution in [0.25, 0.3) is 21.0 Å². The molecule has 4 aromatic rings. The largest absolute Gasteiger partial charge is 0.477 e. The van der Waals surface area contributed by atoms with Crippen molar-refractivity contribution in [1.82, 2.24) is 5.16 Å². The Morgan fingerprint density at radius 1 is 1.08 bits per heavy atom. The normalized spacial score (nSPS) is 12.3. The minimum Gasteiger partial charge on any atom is -0.477 e. The molecule has 0 amide bonds. The third-order valence-corrected chi connectivity index (χ3v) is 9.08. The lowest BCUT2D eigenvalue weighted by molar-refractivity contribution is -0.155. The highest BCUT2D eigenvalue weighted by Crippen LogP contribution is 2.38. The fourth-order valence-corrected chi connectivity index (χ4v) is 6.71. The van der Waals surface area contributed by atoms with E-state index in [1.165, 1.54) is 18.2 Å². The summed E-state index contributed by atoms with van der Waals surface area (Å²) in [6.07, 6.45) is -3.83. The van der Waals surface area contributed by atoms with Crippen molar-refractivity contribution in [3.05, 3.63) is 64.7 Å². The molecular formula is C23H19F3N2O5S3. The van der Waals surface area contributed by atoms with Gasteiger partial charge in [-0.3, -0.25) is 4.72 Å². The second kappa shape index (κ2) is 9.71. The Bertz CT molecular complexity index is 1500. The number of sulfonamides is 1. The lowest BCUT2D eigenvalue weighted by atomic mass is 10.0. The van der Waals surface area contributed by atoms with E-state index in [0.29, 0.717) is 28.2 Å². The number of hydrogen-bond donors (Lipinski definition) is 2. The van der Waals surface area contributed by atoms with E-state index in [0.717, 1.165) is 28.9 Å². The highest BCUT2D eigenvalue weighted by molar-refractivity contribution is 7.94. The number of benzene rings is 1. The fourth-order valence-electron chi connectivity index (χ4n) is 3.37. The van der Waals surface area contributed by atoms with Gasteiger partial charge in [-0.2, -0.15) is 13.2 Å². The summed E-state index contributed by atoms with van der Waals surface area (Å²) >= 11 is 1.61. The van der Waals surface area contributed by atoms with Gasteiger partial charge in [0.15, 0.2) is 0 Å². The molecule has 0 atom stereocenters. The zero-order chi connectivity index (χ0) is 26.3. The molecule has 13 heteroatoms. The van der Waals surface area contributed by atoms with Gasteiger partial charge in [0, 0.05) is 10.9 Å². The maximum Gasteiger partial charge on any atom is 0.452 e. The van der Waals surface area contributed by atoms with E-state index in [2.05, 4.69) is 28.2 Å². The number of nitrogens with one attached hydrogen (secondary N) is 1. The Morgan fingerprint density at radius 2 is 1.78 bits per heavy atom. The molecule has 0 aliphatic heterocycles. The van der Waals surface area contributed by atoms with Gasteiger partial charge < -0.3 is 9.63 Å². The van der Waals surface area contributed by atoms with Crippen LogP contribution in [0.4, 0.5) is 18.9 Å². The highest BCUT2D eigenvalue weighted by atomic mass is 32.2. The summed E-state index contributed by atoms with van der Waals surface area (Å²) in [6, 6.07) is 12.2. The van der Waals surface area contributed by atoms with Gasteiger partial charge >= 0.3 is 12.1 Å². The molecule has 0 aliphatic carbocycles. The number of carboxylic acids is 1. The van der Waals surface area contributed by atoms with E-state index < -0.39 is 27.9 Å². The van der Waals surface area contributed by atoms with Crippen LogP contribution in [0.2, 0.25) is 0 Å². The molecule has 3 aromatic heterocycles. The number of carboxylic acid groups (broad SMARTS) is 1. The number of anilines is 1. The van der Waals surface area contributed by atoms with Crippen molar-refractivity contribution >= 4 is 44.4 Å². The number of rotatable bonds is 8. The maximum atomic E-state index is 13.0. The van der Waals surface area contributed by atoms with Crippen molar-refractivity contribution < 1.29 is 36.0 Å². The molecule has 0 fully saturated rings. The SMILES string of the molecule is CC(C)Cc1ccc(-c2cc(NS(=O)(=O)c3ccc(-c4cc(C(F)(F)F)on4)s3)c(C(=O)O)s2)cc1. The average molecular weight is 557 g/mol. The monoisotopic (exact) mass is 556 g/mol. The molecule has 0 radical (unpaired) electrons. The molecule has 2 N–H and O–H groups in total. The predicted molar refractivity (Wildman–Crippen MR) is 131 cm³/mol. The van der Waals surface area contributed by atoms with Crippen LogP contribution < -0.4 is 4.72 Å². The lowest BCUT2D eigenvalue weighted by Gasteiger charge is -2.06. The van der Waals surface area contributed by atoms with Gasteiger partial charge in [-0.1, -0.05) is 43.3 Å². The second-order valence-electron chi connectivity index (χ2n) is 8.25. The van der Waals surface area contributed by atoms with E-state index in [4.69, 9.17) is 0 Å². The summed E-state index contributed by atoms with van der Waals surface area (Å²) in [4.78, 5) is 12.3.